The first-order valence-electron chi connectivity index (χ1n) is 13.2. The van der Waals surface area contributed by atoms with Crippen LogP contribution in [-0.4, -0.2) is 48.6 Å². The Morgan fingerprint density at radius 2 is 1.67 bits per heavy atom. The number of nitro groups is 1. The van der Waals surface area contributed by atoms with Crippen molar-refractivity contribution in [2.45, 2.75) is 24.2 Å². The van der Waals surface area contributed by atoms with Gasteiger partial charge >= 0.3 is 5.97 Å². The largest absolute Gasteiger partial charge is 0.462 e. The predicted molar refractivity (Wildman–Crippen MR) is 160 cm³/mol. The minimum Gasteiger partial charge on any atom is -0.462 e. The number of benzene rings is 3. The molecule has 1 amide bonds. The summed E-state index contributed by atoms with van der Waals surface area (Å²) in [7, 11) is 0. The van der Waals surface area contributed by atoms with Crippen LogP contribution in [0, 0.1) is 10.1 Å². The number of rotatable bonds is 11. The van der Waals surface area contributed by atoms with Crippen molar-refractivity contribution in [3.8, 4) is 22.4 Å². The molecule has 0 fully saturated rings. The Balaban J connectivity index is 1.38. The Labute approximate surface area is 250 Å². The third-order valence-corrected chi connectivity index (χ3v) is 7.12. The molecular weight excluding hydrogens is 570 g/mol. The fourth-order valence-corrected chi connectivity index (χ4v) is 5.11. The Hall–Kier alpha value is -5.43. The van der Waals surface area contributed by atoms with Crippen LogP contribution in [0.1, 0.15) is 23.0 Å². The van der Waals surface area contributed by atoms with Gasteiger partial charge in [0, 0.05) is 40.9 Å². The van der Waals surface area contributed by atoms with E-state index in [1.54, 1.807) is 19.2 Å². The molecule has 0 saturated carbocycles. The molecule has 0 radical (unpaired) electrons. The monoisotopic (exact) mass is 595 g/mol. The summed E-state index contributed by atoms with van der Waals surface area (Å²) < 4.78 is 6.81. The molecule has 43 heavy (non-hydrogen) atoms. The van der Waals surface area contributed by atoms with Gasteiger partial charge in [-0.1, -0.05) is 83.7 Å². The number of amides is 1. The lowest BCUT2D eigenvalue weighted by Gasteiger charge is -2.16. The number of hydrogen-bond donors (Lipinski definition) is 1. The number of carbonyl (C=O) groups is 2. The highest BCUT2D eigenvalue weighted by molar-refractivity contribution is 7.98. The highest BCUT2D eigenvalue weighted by Gasteiger charge is 2.26. The zero-order chi connectivity index (χ0) is 30.2. The summed E-state index contributed by atoms with van der Waals surface area (Å²) >= 11 is 1.25. The predicted octanol–water partition coefficient (Wildman–Crippen LogP) is 5.42. The van der Waals surface area contributed by atoms with E-state index in [0.717, 1.165) is 11.1 Å². The van der Waals surface area contributed by atoms with E-state index in [9.17, 15) is 19.7 Å². The smallest absolute Gasteiger partial charge is 0.341 e. The molecule has 2 aromatic heterocycles. The van der Waals surface area contributed by atoms with Crippen LogP contribution < -0.4 is 5.32 Å². The van der Waals surface area contributed by atoms with Gasteiger partial charge in [0.1, 0.15) is 22.8 Å². The van der Waals surface area contributed by atoms with Crippen LogP contribution in [0.3, 0.4) is 0 Å². The summed E-state index contributed by atoms with van der Waals surface area (Å²) in [5.74, 6) is -0.659. The van der Waals surface area contributed by atoms with Crippen LogP contribution in [0.25, 0.3) is 22.4 Å². The van der Waals surface area contributed by atoms with Gasteiger partial charge in [-0.15, -0.1) is 15.3 Å². The molecule has 5 aromatic rings. The number of carbonyl (C=O) groups excluding carboxylic acids is 2. The van der Waals surface area contributed by atoms with Crippen molar-refractivity contribution in [1.82, 2.24) is 25.2 Å². The second kappa shape index (κ2) is 13.5. The molecule has 0 unspecified atom stereocenters. The number of esters is 1. The highest BCUT2D eigenvalue weighted by Crippen LogP contribution is 2.38. The van der Waals surface area contributed by atoms with E-state index >= 15 is 0 Å². The molecule has 13 heteroatoms. The van der Waals surface area contributed by atoms with E-state index in [2.05, 4.69) is 25.8 Å². The topological polar surface area (TPSA) is 155 Å². The number of hydrogen-bond acceptors (Lipinski definition) is 10. The quantitative estimate of drug-likeness (QED) is 0.0906. The Morgan fingerprint density at radius 3 is 2.37 bits per heavy atom. The number of nitrogens with one attached hydrogen (secondary N) is 1. The third kappa shape index (κ3) is 7.08. The minimum absolute atomic E-state index is 0.129. The van der Waals surface area contributed by atoms with E-state index in [4.69, 9.17) is 4.74 Å². The van der Waals surface area contributed by atoms with E-state index in [-0.39, 0.29) is 24.6 Å². The molecule has 0 aliphatic rings. The maximum absolute atomic E-state index is 13.4. The van der Waals surface area contributed by atoms with E-state index < -0.39 is 16.8 Å². The van der Waals surface area contributed by atoms with E-state index in [1.165, 1.54) is 34.6 Å². The summed E-state index contributed by atoms with van der Waals surface area (Å²) in [5.41, 5.74) is 3.78. The van der Waals surface area contributed by atoms with Crippen LogP contribution in [0.2, 0.25) is 0 Å². The normalized spacial score (nSPS) is 10.7. The molecular formula is C30H25N7O5S. The molecule has 2 heterocycles. The minimum atomic E-state index is -0.535. The molecule has 0 spiro atoms. The Morgan fingerprint density at radius 1 is 0.953 bits per heavy atom. The molecule has 0 aliphatic carbocycles. The van der Waals surface area contributed by atoms with Gasteiger partial charge in [0.2, 0.25) is 5.91 Å². The first kappa shape index (κ1) is 29.1. The summed E-state index contributed by atoms with van der Waals surface area (Å²) in [6.45, 7) is 1.78. The second-order valence-corrected chi connectivity index (χ2v) is 10.1. The zero-order valence-corrected chi connectivity index (χ0v) is 23.7. The van der Waals surface area contributed by atoms with Crippen molar-refractivity contribution in [3.05, 3.63) is 112 Å². The van der Waals surface area contributed by atoms with Gasteiger partial charge in [0.15, 0.2) is 0 Å². The highest BCUT2D eigenvalue weighted by atomic mass is 32.2. The first-order valence-corrected chi connectivity index (χ1v) is 14.2. The van der Waals surface area contributed by atoms with Gasteiger partial charge in [-0.3, -0.25) is 14.9 Å². The number of ether oxygens (including phenoxy) is 1. The SMILES string of the molecule is CCOC(=O)c1c(SCc2cn(CC(=O)Nc3cccc([N+](=O)[O-])c3)nn2)nnc(-c2ccccc2)c1-c1ccccc1. The van der Waals surface area contributed by atoms with Crippen LogP contribution >= 0.6 is 11.8 Å². The number of non-ortho nitro benzene ring substituents is 1. The van der Waals surface area contributed by atoms with Crippen molar-refractivity contribution >= 4 is 35.0 Å². The lowest BCUT2D eigenvalue weighted by molar-refractivity contribution is -0.384. The standard InChI is InChI=1S/C30H25N7O5S/c1-2-42-30(39)27-26(20-10-5-3-6-11-20)28(21-12-7-4-8-13-21)33-34-29(27)43-19-23-17-36(35-32-23)18-25(38)31-22-14-9-15-24(16-22)37(40)41/h3-17H,2,18-19H2,1H3,(H,31,38). The average Bonchev–Trinajstić information content (AvgIpc) is 3.47. The molecule has 0 bridgehead atoms. The van der Waals surface area contributed by atoms with Gasteiger partial charge in [0.05, 0.1) is 17.2 Å². The maximum atomic E-state index is 13.4. The summed E-state index contributed by atoms with van der Waals surface area (Å²) in [5, 5.41) is 31.1. The van der Waals surface area contributed by atoms with Crippen LogP contribution in [-0.2, 0) is 21.8 Å². The first-order chi connectivity index (χ1) is 20.9. The van der Waals surface area contributed by atoms with Crippen molar-refractivity contribution in [2.75, 3.05) is 11.9 Å². The van der Waals surface area contributed by atoms with Crippen molar-refractivity contribution < 1.29 is 19.2 Å². The molecule has 0 saturated heterocycles. The fraction of sp³-hybridized carbons (Fsp3) is 0.133. The maximum Gasteiger partial charge on any atom is 0.341 e. The molecule has 5 rings (SSSR count). The van der Waals surface area contributed by atoms with Crippen molar-refractivity contribution in [1.29, 1.82) is 0 Å². The Kier molecular flexibility index (Phi) is 9.12. The van der Waals surface area contributed by atoms with Gasteiger partial charge in [-0.2, -0.15) is 0 Å². The number of aromatic nitrogens is 5. The van der Waals surface area contributed by atoms with Crippen LogP contribution in [0.5, 0.6) is 0 Å². The number of nitro benzene ring substituents is 1. The van der Waals surface area contributed by atoms with Crippen molar-refractivity contribution in [3.63, 3.8) is 0 Å². The molecule has 1 N–H and O–H groups in total. The number of anilines is 1. The molecule has 3 aromatic carbocycles. The lowest BCUT2D eigenvalue weighted by Crippen LogP contribution is -2.19. The second-order valence-electron chi connectivity index (χ2n) is 9.11. The fourth-order valence-electron chi connectivity index (χ4n) is 4.27. The summed E-state index contributed by atoms with van der Waals surface area (Å²) in [6, 6.07) is 24.7. The third-order valence-electron chi connectivity index (χ3n) is 6.12. The zero-order valence-electron chi connectivity index (χ0n) is 22.9. The summed E-state index contributed by atoms with van der Waals surface area (Å²) in [4.78, 5) is 36.3. The number of nitrogens with zero attached hydrogens (tertiary/aromatic N) is 6. The van der Waals surface area contributed by atoms with E-state index in [0.29, 0.717) is 33.2 Å². The van der Waals surface area contributed by atoms with Crippen molar-refractivity contribution in [2.24, 2.45) is 0 Å². The lowest BCUT2D eigenvalue weighted by atomic mass is 9.96. The van der Waals surface area contributed by atoms with Gasteiger partial charge in [0.25, 0.3) is 5.69 Å². The molecule has 12 nitrogen and oxygen atoms in total. The van der Waals surface area contributed by atoms with Crippen LogP contribution in [0.15, 0.2) is 96.2 Å². The Bertz CT molecular complexity index is 1760. The van der Waals surface area contributed by atoms with Gasteiger partial charge in [-0.05, 0) is 18.6 Å². The van der Waals surface area contributed by atoms with Crippen LogP contribution in [0.4, 0.5) is 11.4 Å². The number of thioether (sulfide) groups is 1. The van der Waals surface area contributed by atoms with E-state index in [1.807, 2.05) is 60.7 Å². The molecule has 216 valence electrons. The average molecular weight is 596 g/mol. The molecule has 0 aliphatic heterocycles. The summed E-state index contributed by atoms with van der Waals surface area (Å²) in [6.07, 6.45) is 1.61. The van der Waals surface area contributed by atoms with Gasteiger partial charge < -0.3 is 10.1 Å². The van der Waals surface area contributed by atoms with Gasteiger partial charge in [-0.25, -0.2) is 9.48 Å². The molecule has 0 atom stereocenters.